The number of piperidine rings is 1. The molecule has 1 fully saturated rings. The van der Waals surface area contributed by atoms with Crippen molar-refractivity contribution in [1.82, 2.24) is 25.3 Å². The van der Waals surface area contributed by atoms with Gasteiger partial charge in [0.25, 0.3) is 5.91 Å². The summed E-state index contributed by atoms with van der Waals surface area (Å²) in [7, 11) is 0. The van der Waals surface area contributed by atoms with Gasteiger partial charge in [0.2, 0.25) is 5.95 Å². The van der Waals surface area contributed by atoms with Gasteiger partial charge in [-0.25, -0.2) is 24.3 Å². The van der Waals surface area contributed by atoms with E-state index in [-0.39, 0.29) is 17.8 Å². The summed E-state index contributed by atoms with van der Waals surface area (Å²) in [6.45, 7) is 2.83. The van der Waals surface area contributed by atoms with Crippen molar-refractivity contribution in [2.45, 2.75) is 31.9 Å². The molecule has 2 aliphatic rings. The molecule has 0 atom stereocenters. The quantitative estimate of drug-likeness (QED) is 0.675. The van der Waals surface area contributed by atoms with E-state index >= 15 is 0 Å². The first-order chi connectivity index (χ1) is 15.7. The average Bonchev–Trinajstić information content (AvgIpc) is 2.84. The molecule has 1 saturated heterocycles. The van der Waals surface area contributed by atoms with Crippen LogP contribution < -0.4 is 10.2 Å². The summed E-state index contributed by atoms with van der Waals surface area (Å²) in [6, 6.07) is 6.12. The van der Waals surface area contributed by atoms with E-state index in [1.54, 1.807) is 12.1 Å². The standard InChI is InChI=1S/C23H23FN6O2/c24-18-3-1-2-15(10-18)21-25-11-16(12-26-21)22(31)28-19-4-7-30(8-5-19)23-27-13-17-14-32-9-6-20(17)29-23/h1-3,10-13,19H,4-9,14H2,(H,28,31). The summed E-state index contributed by atoms with van der Waals surface area (Å²) in [4.78, 5) is 32.4. The molecule has 0 bridgehead atoms. The normalized spacial score (nSPS) is 16.5. The first-order valence-electron chi connectivity index (χ1n) is 10.7. The molecule has 164 valence electrons. The number of benzene rings is 1. The molecule has 1 N–H and O–H groups in total. The number of amides is 1. The topological polar surface area (TPSA) is 93.1 Å². The molecule has 0 unspecified atom stereocenters. The minimum absolute atomic E-state index is 0.0627. The molecule has 5 rings (SSSR count). The minimum atomic E-state index is -0.353. The Balaban J connectivity index is 1.17. The number of hydrogen-bond acceptors (Lipinski definition) is 7. The van der Waals surface area contributed by atoms with Crippen molar-refractivity contribution in [2.24, 2.45) is 0 Å². The number of carbonyl (C=O) groups is 1. The monoisotopic (exact) mass is 434 g/mol. The number of nitrogens with one attached hydrogen (secondary N) is 1. The van der Waals surface area contributed by atoms with E-state index < -0.39 is 0 Å². The second kappa shape index (κ2) is 8.96. The van der Waals surface area contributed by atoms with Gasteiger partial charge >= 0.3 is 0 Å². The molecule has 1 amide bonds. The molecule has 4 heterocycles. The van der Waals surface area contributed by atoms with Crippen LogP contribution in [0.2, 0.25) is 0 Å². The Labute approximate surface area is 184 Å². The summed E-state index contributed by atoms with van der Waals surface area (Å²) in [5, 5.41) is 3.06. The van der Waals surface area contributed by atoms with Crippen LogP contribution in [0.3, 0.4) is 0 Å². The highest BCUT2D eigenvalue weighted by Crippen LogP contribution is 2.21. The second-order valence-electron chi connectivity index (χ2n) is 7.98. The van der Waals surface area contributed by atoms with Crippen molar-refractivity contribution in [3.8, 4) is 11.4 Å². The van der Waals surface area contributed by atoms with Crippen LogP contribution in [0, 0.1) is 5.82 Å². The summed E-state index contributed by atoms with van der Waals surface area (Å²) >= 11 is 0. The summed E-state index contributed by atoms with van der Waals surface area (Å²) in [5.41, 5.74) is 3.08. The van der Waals surface area contributed by atoms with Crippen molar-refractivity contribution in [1.29, 1.82) is 0 Å². The molecule has 0 spiro atoms. The lowest BCUT2D eigenvalue weighted by atomic mass is 10.0. The maximum Gasteiger partial charge on any atom is 0.254 e. The van der Waals surface area contributed by atoms with Crippen molar-refractivity contribution >= 4 is 11.9 Å². The number of carbonyl (C=O) groups excluding carboxylic acids is 1. The Bertz CT molecular complexity index is 1120. The fourth-order valence-electron chi connectivity index (χ4n) is 3.99. The van der Waals surface area contributed by atoms with Gasteiger partial charge in [0.05, 0.1) is 24.5 Å². The van der Waals surface area contributed by atoms with Gasteiger partial charge in [-0.05, 0) is 25.0 Å². The fourth-order valence-corrected chi connectivity index (χ4v) is 3.99. The maximum absolute atomic E-state index is 13.4. The number of fused-ring (bicyclic) bond motifs is 1. The molecular formula is C23H23FN6O2. The van der Waals surface area contributed by atoms with E-state index in [1.165, 1.54) is 24.5 Å². The van der Waals surface area contributed by atoms with Gasteiger partial charge in [-0.3, -0.25) is 4.79 Å². The number of nitrogens with zero attached hydrogens (tertiary/aromatic N) is 5. The van der Waals surface area contributed by atoms with Crippen molar-refractivity contribution in [3.63, 3.8) is 0 Å². The largest absolute Gasteiger partial charge is 0.376 e. The van der Waals surface area contributed by atoms with Crippen molar-refractivity contribution < 1.29 is 13.9 Å². The Hall–Kier alpha value is -3.46. The Morgan fingerprint density at radius 3 is 2.72 bits per heavy atom. The molecule has 8 nitrogen and oxygen atoms in total. The zero-order valence-corrected chi connectivity index (χ0v) is 17.5. The van der Waals surface area contributed by atoms with E-state index in [4.69, 9.17) is 9.72 Å². The lowest BCUT2D eigenvalue weighted by Gasteiger charge is -2.32. The molecular weight excluding hydrogens is 411 g/mol. The van der Waals surface area contributed by atoms with Gasteiger partial charge in [0.15, 0.2) is 5.82 Å². The van der Waals surface area contributed by atoms with Crippen LogP contribution in [0.15, 0.2) is 42.9 Å². The van der Waals surface area contributed by atoms with Gasteiger partial charge in [-0.1, -0.05) is 12.1 Å². The van der Waals surface area contributed by atoms with E-state index in [1.807, 2.05) is 6.20 Å². The lowest BCUT2D eigenvalue weighted by Crippen LogP contribution is -2.45. The van der Waals surface area contributed by atoms with Crippen LogP contribution in [0.1, 0.15) is 34.5 Å². The minimum Gasteiger partial charge on any atom is -0.376 e. The number of hydrogen-bond donors (Lipinski definition) is 1. The Morgan fingerprint density at radius 2 is 1.94 bits per heavy atom. The predicted molar refractivity (Wildman–Crippen MR) is 116 cm³/mol. The van der Waals surface area contributed by atoms with Crippen LogP contribution in [0.4, 0.5) is 10.3 Å². The first kappa shape index (κ1) is 20.4. The average molecular weight is 434 g/mol. The highest BCUT2D eigenvalue weighted by atomic mass is 19.1. The maximum atomic E-state index is 13.4. The molecule has 2 aromatic heterocycles. The fraction of sp³-hybridized carbons (Fsp3) is 0.348. The third kappa shape index (κ3) is 4.43. The molecule has 2 aliphatic heterocycles. The van der Waals surface area contributed by atoms with Gasteiger partial charge in [-0.2, -0.15) is 0 Å². The highest BCUT2D eigenvalue weighted by Gasteiger charge is 2.24. The number of anilines is 1. The Morgan fingerprint density at radius 1 is 1.12 bits per heavy atom. The first-order valence-corrected chi connectivity index (χ1v) is 10.7. The van der Waals surface area contributed by atoms with Crippen LogP contribution >= 0.6 is 0 Å². The highest BCUT2D eigenvalue weighted by molar-refractivity contribution is 5.93. The third-order valence-electron chi connectivity index (χ3n) is 5.79. The molecule has 0 aliphatic carbocycles. The lowest BCUT2D eigenvalue weighted by molar-refractivity contribution is 0.0930. The zero-order chi connectivity index (χ0) is 21.9. The van der Waals surface area contributed by atoms with Crippen LogP contribution in [-0.4, -0.2) is 51.6 Å². The molecule has 0 radical (unpaired) electrons. The number of rotatable bonds is 4. The zero-order valence-electron chi connectivity index (χ0n) is 17.5. The van der Waals surface area contributed by atoms with Crippen LogP contribution in [-0.2, 0) is 17.8 Å². The number of ether oxygens (including phenoxy) is 1. The molecule has 0 saturated carbocycles. The number of aromatic nitrogens is 4. The van der Waals surface area contributed by atoms with Gasteiger partial charge in [0, 0.05) is 55.3 Å². The van der Waals surface area contributed by atoms with E-state index in [0.29, 0.717) is 30.2 Å². The molecule has 1 aromatic carbocycles. The second-order valence-corrected chi connectivity index (χ2v) is 7.98. The number of halogens is 1. The summed E-state index contributed by atoms with van der Waals surface area (Å²) in [6.07, 6.45) is 7.23. The van der Waals surface area contributed by atoms with E-state index in [2.05, 4.69) is 25.2 Å². The smallest absolute Gasteiger partial charge is 0.254 e. The van der Waals surface area contributed by atoms with E-state index in [9.17, 15) is 9.18 Å². The molecule has 9 heteroatoms. The van der Waals surface area contributed by atoms with E-state index in [0.717, 1.165) is 49.6 Å². The Kier molecular flexibility index (Phi) is 5.72. The SMILES string of the molecule is O=C(NC1CCN(c2ncc3c(n2)CCOC3)CC1)c1cnc(-c2cccc(F)c2)nc1. The van der Waals surface area contributed by atoms with Crippen molar-refractivity contribution in [2.75, 3.05) is 24.6 Å². The van der Waals surface area contributed by atoms with Gasteiger partial charge in [0.1, 0.15) is 5.82 Å². The predicted octanol–water partition coefficient (Wildman–Crippen LogP) is 2.54. The van der Waals surface area contributed by atoms with Gasteiger partial charge < -0.3 is 15.0 Å². The summed E-state index contributed by atoms with van der Waals surface area (Å²) < 4.78 is 18.8. The van der Waals surface area contributed by atoms with Crippen molar-refractivity contribution in [3.05, 3.63) is 65.5 Å². The van der Waals surface area contributed by atoms with Crippen LogP contribution in [0.5, 0.6) is 0 Å². The molecule has 32 heavy (non-hydrogen) atoms. The summed E-state index contributed by atoms with van der Waals surface area (Å²) in [5.74, 6) is 0.566. The van der Waals surface area contributed by atoms with Gasteiger partial charge in [-0.15, -0.1) is 0 Å². The molecule has 3 aromatic rings. The third-order valence-corrected chi connectivity index (χ3v) is 5.79. The van der Waals surface area contributed by atoms with Crippen LogP contribution in [0.25, 0.3) is 11.4 Å².